The largest absolute Gasteiger partial charge is 0.507 e. The highest BCUT2D eigenvalue weighted by Gasteiger charge is 2.47. The Morgan fingerprint density at radius 2 is 1.97 bits per heavy atom. The lowest BCUT2D eigenvalue weighted by Gasteiger charge is -2.28. The first-order valence-corrected chi connectivity index (χ1v) is 12.1. The normalized spacial score (nSPS) is 22.1. The fourth-order valence-electron chi connectivity index (χ4n) is 4.88. The van der Waals surface area contributed by atoms with Crippen LogP contribution < -0.4 is 4.74 Å². The third-order valence-corrected chi connectivity index (χ3v) is 6.65. The van der Waals surface area contributed by atoms with E-state index in [1.54, 1.807) is 11.0 Å². The average molecular weight is 464 g/mol. The SMILES string of the molecule is CCOc1ccc(/C(O)=C2\C(=O)C(=O)N(CC3CCCO3)C2c2ccccc2C)cc1C(C)C. The predicted octanol–water partition coefficient (Wildman–Crippen LogP) is 5.12. The maximum absolute atomic E-state index is 13.3. The van der Waals surface area contributed by atoms with Gasteiger partial charge in [0.05, 0.1) is 24.3 Å². The molecule has 2 aliphatic heterocycles. The van der Waals surface area contributed by atoms with Gasteiger partial charge in [-0.1, -0.05) is 38.1 Å². The Morgan fingerprint density at radius 3 is 2.62 bits per heavy atom. The molecule has 0 aromatic heterocycles. The minimum Gasteiger partial charge on any atom is -0.507 e. The van der Waals surface area contributed by atoms with Gasteiger partial charge in [0, 0.05) is 18.7 Å². The van der Waals surface area contributed by atoms with Crippen molar-refractivity contribution in [3.05, 3.63) is 70.3 Å². The summed E-state index contributed by atoms with van der Waals surface area (Å²) in [5.41, 5.74) is 3.34. The summed E-state index contributed by atoms with van der Waals surface area (Å²) >= 11 is 0. The Labute approximate surface area is 201 Å². The highest BCUT2D eigenvalue weighted by Crippen LogP contribution is 2.42. The van der Waals surface area contributed by atoms with Crippen LogP contribution in [0.1, 0.15) is 67.8 Å². The lowest BCUT2D eigenvalue weighted by Crippen LogP contribution is -2.36. The van der Waals surface area contributed by atoms with Crippen molar-refractivity contribution < 1.29 is 24.2 Å². The number of ketones is 1. The van der Waals surface area contributed by atoms with Gasteiger partial charge in [-0.15, -0.1) is 0 Å². The lowest BCUT2D eigenvalue weighted by molar-refractivity contribution is -0.140. The molecule has 0 saturated carbocycles. The Hall–Kier alpha value is -3.12. The summed E-state index contributed by atoms with van der Waals surface area (Å²) in [4.78, 5) is 28.1. The number of hydrogen-bond acceptors (Lipinski definition) is 5. The molecule has 0 bridgehead atoms. The second-order valence-electron chi connectivity index (χ2n) is 9.28. The second-order valence-corrected chi connectivity index (χ2v) is 9.28. The summed E-state index contributed by atoms with van der Waals surface area (Å²) in [7, 11) is 0. The van der Waals surface area contributed by atoms with Gasteiger partial charge in [-0.3, -0.25) is 9.59 Å². The first kappa shape index (κ1) is 24.0. The predicted molar refractivity (Wildman–Crippen MR) is 131 cm³/mol. The number of aryl methyl sites for hydroxylation is 1. The highest BCUT2D eigenvalue weighted by atomic mass is 16.5. The standard InChI is InChI=1S/C28H33NO5/c1-5-33-23-13-12-19(15-22(23)17(2)3)26(30)24-25(21-11-7-6-9-18(21)4)29(28(32)27(24)31)16-20-10-8-14-34-20/h6-7,9,11-13,15,17,20,25,30H,5,8,10,14,16H2,1-4H3/b26-24+. The molecule has 2 fully saturated rings. The first-order valence-electron chi connectivity index (χ1n) is 12.1. The van der Waals surface area contributed by atoms with E-state index < -0.39 is 17.7 Å². The highest BCUT2D eigenvalue weighted by molar-refractivity contribution is 6.46. The van der Waals surface area contributed by atoms with Crippen LogP contribution in [0.15, 0.2) is 48.0 Å². The third kappa shape index (κ3) is 4.47. The van der Waals surface area contributed by atoms with Gasteiger partial charge in [0.1, 0.15) is 11.5 Å². The molecule has 1 N–H and O–H groups in total. The molecule has 2 aliphatic rings. The van der Waals surface area contributed by atoms with Crippen molar-refractivity contribution in [2.45, 2.75) is 58.6 Å². The molecular formula is C28H33NO5. The van der Waals surface area contributed by atoms with Crippen LogP contribution in [-0.4, -0.2) is 47.6 Å². The minimum atomic E-state index is -0.667. The van der Waals surface area contributed by atoms with Gasteiger partial charge in [0.25, 0.3) is 11.7 Å². The quantitative estimate of drug-likeness (QED) is 0.350. The van der Waals surface area contributed by atoms with E-state index in [1.165, 1.54) is 0 Å². The van der Waals surface area contributed by atoms with Crippen LogP contribution in [0, 0.1) is 6.92 Å². The summed E-state index contributed by atoms with van der Waals surface area (Å²) < 4.78 is 11.5. The molecule has 0 radical (unpaired) electrons. The number of carbonyl (C=O) groups is 2. The van der Waals surface area contributed by atoms with Crippen molar-refractivity contribution in [2.75, 3.05) is 19.8 Å². The van der Waals surface area contributed by atoms with E-state index in [2.05, 4.69) is 13.8 Å². The topological polar surface area (TPSA) is 76.1 Å². The fourth-order valence-corrected chi connectivity index (χ4v) is 4.88. The summed E-state index contributed by atoms with van der Waals surface area (Å²) in [6, 6.07) is 12.4. The number of nitrogens with zero attached hydrogens (tertiary/aromatic N) is 1. The van der Waals surface area contributed by atoms with Crippen LogP contribution in [0.2, 0.25) is 0 Å². The molecular weight excluding hydrogens is 430 g/mol. The Kier molecular flexibility index (Phi) is 7.08. The minimum absolute atomic E-state index is 0.109. The smallest absolute Gasteiger partial charge is 0.295 e. The van der Waals surface area contributed by atoms with Crippen LogP contribution in [0.4, 0.5) is 0 Å². The van der Waals surface area contributed by atoms with Crippen LogP contribution in [0.5, 0.6) is 5.75 Å². The zero-order valence-electron chi connectivity index (χ0n) is 20.3. The number of aliphatic hydroxyl groups is 1. The van der Waals surface area contributed by atoms with Gasteiger partial charge in [-0.2, -0.15) is 0 Å². The van der Waals surface area contributed by atoms with Crippen LogP contribution in [0.25, 0.3) is 5.76 Å². The molecule has 6 heteroatoms. The number of Topliss-reactive ketones (excluding diaryl/α,β-unsaturated/α-hetero) is 1. The maximum atomic E-state index is 13.3. The second kappa shape index (κ2) is 10.0. The molecule has 0 aliphatic carbocycles. The van der Waals surface area contributed by atoms with E-state index in [9.17, 15) is 14.7 Å². The lowest BCUT2D eigenvalue weighted by atomic mass is 9.91. The molecule has 34 heavy (non-hydrogen) atoms. The summed E-state index contributed by atoms with van der Waals surface area (Å²) in [5.74, 6) is -0.512. The average Bonchev–Trinajstić information content (AvgIpc) is 3.42. The number of ether oxygens (including phenoxy) is 2. The molecule has 2 saturated heterocycles. The van der Waals surface area contributed by atoms with Gasteiger partial charge < -0.3 is 19.5 Å². The van der Waals surface area contributed by atoms with E-state index in [-0.39, 0.29) is 23.4 Å². The molecule has 2 heterocycles. The number of benzene rings is 2. The van der Waals surface area contributed by atoms with Gasteiger partial charge in [-0.05, 0) is 67.5 Å². The molecule has 2 unspecified atom stereocenters. The third-order valence-electron chi connectivity index (χ3n) is 6.65. The monoisotopic (exact) mass is 463 g/mol. The number of hydrogen-bond donors (Lipinski definition) is 1. The van der Waals surface area contributed by atoms with Crippen molar-refractivity contribution >= 4 is 17.4 Å². The molecule has 1 amide bonds. The van der Waals surface area contributed by atoms with E-state index in [4.69, 9.17) is 9.47 Å². The fraction of sp³-hybridized carbons (Fsp3) is 0.429. The van der Waals surface area contributed by atoms with Crippen molar-refractivity contribution in [3.63, 3.8) is 0 Å². The van der Waals surface area contributed by atoms with Crippen molar-refractivity contribution in [2.24, 2.45) is 0 Å². The van der Waals surface area contributed by atoms with E-state index in [0.717, 1.165) is 35.3 Å². The Balaban J connectivity index is 1.85. The molecule has 0 spiro atoms. The van der Waals surface area contributed by atoms with Gasteiger partial charge in [-0.25, -0.2) is 0 Å². The van der Waals surface area contributed by atoms with Crippen molar-refractivity contribution in [1.29, 1.82) is 0 Å². The number of rotatable bonds is 7. The van der Waals surface area contributed by atoms with Crippen LogP contribution >= 0.6 is 0 Å². The van der Waals surface area contributed by atoms with Crippen LogP contribution in [-0.2, 0) is 14.3 Å². The van der Waals surface area contributed by atoms with E-state index >= 15 is 0 Å². The summed E-state index contributed by atoms with van der Waals surface area (Å²) in [6.07, 6.45) is 1.68. The van der Waals surface area contributed by atoms with Crippen molar-refractivity contribution in [3.8, 4) is 5.75 Å². The molecule has 4 rings (SSSR count). The molecule has 6 nitrogen and oxygen atoms in total. The molecule has 2 atom stereocenters. The molecule has 2 aromatic rings. The number of likely N-dealkylation sites (tertiary alicyclic amines) is 1. The summed E-state index contributed by atoms with van der Waals surface area (Å²) in [5, 5.41) is 11.4. The number of aliphatic hydroxyl groups excluding tert-OH is 1. The zero-order valence-corrected chi connectivity index (χ0v) is 20.3. The Bertz CT molecular complexity index is 1110. The first-order chi connectivity index (χ1) is 16.3. The van der Waals surface area contributed by atoms with Gasteiger partial charge >= 0.3 is 0 Å². The molecule has 2 aromatic carbocycles. The zero-order chi connectivity index (χ0) is 24.4. The number of carbonyl (C=O) groups excluding carboxylic acids is 2. The van der Waals surface area contributed by atoms with E-state index in [0.29, 0.717) is 25.3 Å². The maximum Gasteiger partial charge on any atom is 0.295 e. The summed E-state index contributed by atoms with van der Waals surface area (Å²) in [6.45, 7) is 9.50. The molecule has 180 valence electrons. The van der Waals surface area contributed by atoms with Crippen LogP contribution in [0.3, 0.4) is 0 Å². The van der Waals surface area contributed by atoms with Gasteiger partial charge in [0.15, 0.2) is 0 Å². The van der Waals surface area contributed by atoms with E-state index in [1.807, 2.05) is 50.2 Å². The van der Waals surface area contributed by atoms with Crippen molar-refractivity contribution in [1.82, 2.24) is 4.90 Å². The van der Waals surface area contributed by atoms with Gasteiger partial charge in [0.2, 0.25) is 0 Å². The number of amides is 1. The Morgan fingerprint density at radius 1 is 1.21 bits per heavy atom.